The van der Waals surface area contributed by atoms with Crippen molar-refractivity contribution in [2.24, 2.45) is 5.92 Å². The summed E-state index contributed by atoms with van der Waals surface area (Å²) in [6.45, 7) is 5.72. The molecule has 0 aromatic rings. The SMILES string of the molecule is COCCONC(=O)C(NC(C)=O)C(C)C. The maximum absolute atomic E-state index is 11.6. The highest BCUT2D eigenvalue weighted by molar-refractivity contribution is 5.86. The number of carbonyl (C=O) groups is 2. The zero-order valence-electron chi connectivity index (χ0n) is 10.2. The van der Waals surface area contributed by atoms with Gasteiger partial charge in [0.15, 0.2) is 0 Å². The van der Waals surface area contributed by atoms with Gasteiger partial charge in [-0.05, 0) is 5.92 Å². The summed E-state index contributed by atoms with van der Waals surface area (Å²) in [6.07, 6.45) is 0. The quantitative estimate of drug-likeness (QED) is 0.472. The molecule has 0 aliphatic heterocycles. The molecule has 0 aromatic carbocycles. The van der Waals surface area contributed by atoms with Crippen molar-refractivity contribution < 1.29 is 19.2 Å². The van der Waals surface area contributed by atoms with Gasteiger partial charge in [0.1, 0.15) is 6.04 Å². The van der Waals surface area contributed by atoms with E-state index in [4.69, 9.17) is 9.57 Å². The van der Waals surface area contributed by atoms with Crippen LogP contribution in [0.1, 0.15) is 20.8 Å². The standard InChI is InChI=1S/C10H20N2O4/c1-7(2)9(11-8(3)13)10(14)12-16-6-5-15-4/h7,9H,5-6H2,1-4H3,(H,11,13)(H,12,14). The Labute approximate surface area is 95.6 Å². The highest BCUT2D eigenvalue weighted by Gasteiger charge is 2.22. The van der Waals surface area contributed by atoms with Crippen molar-refractivity contribution in [1.29, 1.82) is 0 Å². The Bertz CT molecular complexity index is 231. The summed E-state index contributed by atoms with van der Waals surface area (Å²) >= 11 is 0. The molecule has 0 rings (SSSR count). The normalized spacial score (nSPS) is 12.3. The first-order valence-corrected chi connectivity index (χ1v) is 5.16. The molecule has 1 unspecified atom stereocenters. The Balaban J connectivity index is 4.02. The van der Waals surface area contributed by atoms with Gasteiger partial charge in [0.2, 0.25) is 5.91 Å². The molecule has 2 N–H and O–H groups in total. The van der Waals surface area contributed by atoms with Crippen LogP contribution in [0.2, 0.25) is 0 Å². The largest absolute Gasteiger partial charge is 0.382 e. The van der Waals surface area contributed by atoms with Crippen molar-refractivity contribution in [3.05, 3.63) is 0 Å². The van der Waals surface area contributed by atoms with Crippen LogP contribution in [-0.4, -0.2) is 38.2 Å². The lowest BCUT2D eigenvalue weighted by Crippen LogP contribution is -2.49. The average molecular weight is 232 g/mol. The molecule has 0 heterocycles. The molecule has 0 spiro atoms. The van der Waals surface area contributed by atoms with Crippen LogP contribution in [0.5, 0.6) is 0 Å². The van der Waals surface area contributed by atoms with E-state index in [1.165, 1.54) is 6.92 Å². The third-order valence-corrected chi connectivity index (χ3v) is 1.87. The zero-order valence-corrected chi connectivity index (χ0v) is 10.2. The topological polar surface area (TPSA) is 76.7 Å². The number of carbonyl (C=O) groups excluding carboxylic acids is 2. The average Bonchev–Trinajstić information content (AvgIpc) is 2.20. The van der Waals surface area contributed by atoms with Crippen molar-refractivity contribution in [1.82, 2.24) is 10.8 Å². The first-order chi connectivity index (χ1) is 7.49. The second-order valence-corrected chi connectivity index (χ2v) is 3.73. The second-order valence-electron chi connectivity index (χ2n) is 3.73. The van der Waals surface area contributed by atoms with Crippen molar-refractivity contribution in [3.63, 3.8) is 0 Å². The molecule has 0 aromatic heterocycles. The smallest absolute Gasteiger partial charge is 0.266 e. The predicted molar refractivity (Wildman–Crippen MR) is 58.4 cm³/mol. The van der Waals surface area contributed by atoms with Crippen LogP contribution in [0.3, 0.4) is 0 Å². The molecule has 16 heavy (non-hydrogen) atoms. The number of methoxy groups -OCH3 is 1. The van der Waals surface area contributed by atoms with Gasteiger partial charge < -0.3 is 10.1 Å². The molecule has 2 amide bonds. The monoisotopic (exact) mass is 232 g/mol. The summed E-state index contributed by atoms with van der Waals surface area (Å²) in [5.74, 6) is -0.609. The number of rotatable bonds is 7. The first-order valence-electron chi connectivity index (χ1n) is 5.16. The van der Waals surface area contributed by atoms with Gasteiger partial charge >= 0.3 is 0 Å². The lowest BCUT2D eigenvalue weighted by Gasteiger charge is -2.20. The predicted octanol–water partition coefficient (Wildman–Crippen LogP) is -0.159. The minimum Gasteiger partial charge on any atom is -0.382 e. The van der Waals surface area contributed by atoms with Crippen molar-refractivity contribution in [3.8, 4) is 0 Å². The fourth-order valence-corrected chi connectivity index (χ4v) is 1.06. The molecule has 0 saturated heterocycles. The number of hydroxylamine groups is 1. The van der Waals surface area contributed by atoms with Crippen LogP contribution in [0.4, 0.5) is 0 Å². The first kappa shape index (κ1) is 14.9. The zero-order chi connectivity index (χ0) is 12.6. The molecule has 0 fully saturated rings. The minimum absolute atomic E-state index is 0.00470. The molecule has 6 heteroatoms. The van der Waals surface area contributed by atoms with Gasteiger partial charge in [-0.3, -0.25) is 14.4 Å². The molecule has 1 atom stereocenters. The van der Waals surface area contributed by atoms with Crippen molar-refractivity contribution >= 4 is 11.8 Å². The number of hydrogen-bond acceptors (Lipinski definition) is 4. The molecule has 0 saturated carbocycles. The lowest BCUT2D eigenvalue weighted by molar-refractivity contribution is -0.140. The van der Waals surface area contributed by atoms with Gasteiger partial charge in [-0.15, -0.1) is 0 Å². The van der Waals surface area contributed by atoms with E-state index in [1.807, 2.05) is 13.8 Å². The van der Waals surface area contributed by atoms with E-state index < -0.39 is 6.04 Å². The van der Waals surface area contributed by atoms with E-state index in [9.17, 15) is 9.59 Å². The Morgan fingerprint density at radius 1 is 1.25 bits per heavy atom. The van der Waals surface area contributed by atoms with Crippen LogP contribution in [0, 0.1) is 5.92 Å². The third kappa shape index (κ3) is 6.36. The second kappa shape index (κ2) is 8.06. The Hall–Kier alpha value is -1.14. The van der Waals surface area contributed by atoms with Gasteiger partial charge in [-0.1, -0.05) is 13.8 Å². The van der Waals surface area contributed by atoms with Gasteiger partial charge in [-0.2, -0.15) is 0 Å². The van der Waals surface area contributed by atoms with Crippen LogP contribution in [0.15, 0.2) is 0 Å². The maximum atomic E-state index is 11.6. The van der Waals surface area contributed by atoms with Crippen molar-refractivity contribution in [2.75, 3.05) is 20.3 Å². The van der Waals surface area contributed by atoms with E-state index in [1.54, 1.807) is 7.11 Å². The van der Waals surface area contributed by atoms with E-state index in [0.717, 1.165) is 0 Å². The number of nitrogens with one attached hydrogen (secondary N) is 2. The third-order valence-electron chi connectivity index (χ3n) is 1.87. The van der Waals surface area contributed by atoms with Crippen LogP contribution >= 0.6 is 0 Å². The molecule has 94 valence electrons. The maximum Gasteiger partial charge on any atom is 0.266 e. The van der Waals surface area contributed by atoms with Crippen LogP contribution in [-0.2, 0) is 19.2 Å². The molecular formula is C10H20N2O4. The van der Waals surface area contributed by atoms with E-state index in [2.05, 4.69) is 10.8 Å². The number of ether oxygens (including phenoxy) is 1. The Morgan fingerprint density at radius 3 is 2.31 bits per heavy atom. The fourth-order valence-electron chi connectivity index (χ4n) is 1.06. The molecular weight excluding hydrogens is 212 g/mol. The van der Waals surface area contributed by atoms with Gasteiger partial charge in [-0.25, -0.2) is 5.48 Å². The van der Waals surface area contributed by atoms with E-state index in [-0.39, 0.29) is 24.3 Å². The Morgan fingerprint density at radius 2 is 1.88 bits per heavy atom. The molecule has 0 aliphatic rings. The molecule has 6 nitrogen and oxygen atoms in total. The Kier molecular flexibility index (Phi) is 7.49. The summed E-state index contributed by atoms with van der Waals surface area (Å²) in [5.41, 5.74) is 2.27. The van der Waals surface area contributed by atoms with E-state index >= 15 is 0 Å². The summed E-state index contributed by atoms with van der Waals surface area (Å²) in [4.78, 5) is 27.4. The minimum atomic E-state index is -0.583. The summed E-state index contributed by atoms with van der Waals surface area (Å²) < 4.78 is 4.75. The van der Waals surface area contributed by atoms with Crippen molar-refractivity contribution in [2.45, 2.75) is 26.8 Å². The summed E-state index contributed by atoms with van der Waals surface area (Å²) in [5, 5.41) is 2.56. The number of hydrogen-bond donors (Lipinski definition) is 2. The van der Waals surface area contributed by atoms with Crippen LogP contribution < -0.4 is 10.8 Å². The van der Waals surface area contributed by atoms with Crippen LogP contribution in [0.25, 0.3) is 0 Å². The molecule has 0 bridgehead atoms. The lowest BCUT2D eigenvalue weighted by atomic mass is 10.0. The molecule has 0 radical (unpaired) electrons. The number of amides is 2. The highest BCUT2D eigenvalue weighted by Crippen LogP contribution is 2.01. The van der Waals surface area contributed by atoms with Gasteiger partial charge in [0.25, 0.3) is 5.91 Å². The van der Waals surface area contributed by atoms with E-state index in [0.29, 0.717) is 6.61 Å². The fraction of sp³-hybridized carbons (Fsp3) is 0.800. The molecule has 0 aliphatic carbocycles. The summed E-state index contributed by atoms with van der Waals surface area (Å²) in [6, 6.07) is -0.583. The summed E-state index contributed by atoms with van der Waals surface area (Å²) in [7, 11) is 1.54. The highest BCUT2D eigenvalue weighted by atomic mass is 16.7. The van der Waals surface area contributed by atoms with Gasteiger partial charge in [0.05, 0.1) is 13.2 Å². The van der Waals surface area contributed by atoms with Gasteiger partial charge in [0, 0.05) is 14.0 Å².